The highest BCUT2D eigenvalue weighted by atomic mass is 35.5. The summed E-state index contributed by atoms with van der Waals surface area (Å²) in [6.45, 7) is 2.27. The molecule has 1 fully saturated rings. The van der Waals surface area contributed by atoms with E-state index in [1.54, 1.807) is 36.4 Å². The molecule has 4 aromatic rings. The highest BCUT2D eigenvalue weighted by Gasteiger charge is 2.41. The summed E-state index contributed by atoms with van der Waals surface area (Å²) in [6, 6.07) is 28.2. The van der Waals surface area contributed by atoms with Crippen LogP contribution in [0.4, 0.5) is 4.79 Å². The van der Waals surface area contributed by atoms with E-state index in [0.717, 1.165) is 34.4 Å². The highest BCUT2D eigenvalue weighted by Crippen LogP contribution is 2.36. The number of ether oxygens (including phenoxy) is 4. The normalized spacial score (nSPS) is 17.9. The van der Waals surface area contributed by atoms with Gasteiger partial charge in [0.15, 0.2) is 0 Å². The molecule has 0 aliphatic carbocycles. The van der Waals surface area contributed by atoms with Gasteiger partial charge in [-0.1, -0.05) is 101 Å². The molecule has 5 rings (SSSR count). The molecule has 0 bridgehead atoms. The van der Waals surface area contributed by atoms with Crippen LogP contribution in [-0.4, -0.2) is 54.6 Å². The van der Waals surface area contributed by atoms with Crippen molar-refractivity contribution in [3.05, 3.63) is 133 Å². The number of halogens is 4. The Labute approximate surface area is 294 Å². The van der Waals surface area contributed by atoms with Crippen LogP contribution < -0.4 is 4.74 Å². The molecule has 7 nitrogen and oxygen atoms in total. The van der Waals surface area contributed by atoms with Crippen LogP contribution in [0.25, 0.3) is 0 Å². The van der Waals surface area contributed by atoms with E-state index >= 15 is 0 Å². The van der Waals surface area contributed by atoms with Gasteiger partial charge in [0.1, 0.15) is 5.75 Å². The number of amides is 1. The zero-order valence-electron chi connectivity index (χ0n) is 25.5. The molecular formula is C36H35Cl4NO6. The fourth-order valence-electron chi connectivity index (χ4n) is 5.45. The molecule has 3 atom stereocenters. The summed E-state index contributed by atoms with van der Waals surface area (Å²) in [4.78, 5) is 13.5. The third kappa shape index (κ3) is 10.2. The molecule has 1 saturated heterocycles. The molecule has 248 valence electrons. The largest absolute Gasteiger partial charge is 0.494 e. The lowest BCUT2D eigenvalue weighted by molar-refractivity contribution is -0.0937. The van der Waals surface area contributed by atoms with E-state index in [0.29, 0.717) is 39.9 Å². The fraction of sp³-hybridized carbons (Fsp3) is 0.306. The van der Waals surface area contributed by atoms with E-state index in [2.05, 4.69) is 0 Å². The average Bonchev–Trinajstić information content (AvgIpc) is 3.06. The van der Waals surface area contributed by atoms with Gasteiger partial charge in [-0.2, -0.15) is 0 Å². The van der Waals surface area contributed by atoms with Crippen molar-refractivity contribution >= 4 is 52.5 Å². The maximum atomic E-state index is 12.2. The molecule has 4 aromatic carbocycles. The van der Waals surface area contributed by atoms with Crippen LogP contribution in [0.1, 0.15) is 34.6 Å². The van der Waals surface area contributed by atoms with E-state index < -0.39 is 18.3 Å². The number of hydrogen-bond acceptors (Lipinski definition) is 5. The summed E-state index contributed by atoms with van der Waals surface area (Å²) in [5.41, 5.74) is 3.54. The van der Waals surface area contributed by atoms with Crippen molar-refractivity contribution in [2.24, 2.45) is 0 Å². The van der Waals surface area contributed by atoms with E-state index in [-0.39, 0.29) is 32.2 Å². The Balaban J connectivity index is 1.29. The monoisotopic (exact) mass is 717 g/mol. The zero-order valence-corrected chi connectivity index (χ0v) is 28.5. The Bertz CT molecular complexity index is 1540. The predicted octanol–water partition coefficient (Wildman–Crippen LogP) is 9.53. The number of likely N-dealkylation sites (tertiary alicyclic amines) is 1. The number of benzene rings is 4. The highest BCUT2D eigenvalue weighted by molar-refractivity contribution is 6.35. The Morgan fingerprint density at radius 3 is 1.83 bits per heavy atom. The van der Waals surface area contributed by atoms with Gasteiger partial charge in [0, 0.05) is 32.4 Å². The first kappa shape index (κ1) is 35.3. The Morgan fingerprint density at radius 2 is 1.30 bits per heavy atom. The number of rotatable bonds is 14. The van der Waals surface area contributed by atoms with E-state index in [4.69, 9.17) is 65.4 Å². The molecule has 0 radical (unpaired) electrons. The maximum absolute atomic E-state index is 12.2. The van der Waals surface area contributed by atoms with Crippen molar-refractivity contribution in [1.82, 2.24) is 4.90 Å². The summed E-state index contributed by atoms with van der Waals surface area (Å²) < 4.78 is 24.6. The minimum Gasteiger partial charge on any atom is -0.494 e. The third-order valence-corrected chi connectivity index (χ3v) is 9.06. The topological polar surface area (TPSA) is 77.5 Å². The number of hydrogen-bond donors (Lipinski definition) is 1. The molecule has 0 saturated carbocycles. The molecule has 0 aromatic heterocycles. The summed E-state index contributed by atoms with van der Waals surface area (Å²) in [5, 5.41) is 12.0. The second kappa shape index (κ2) is 17.4. The molecule has 1 N–H and O–H groups in total. The van der Waals surface area contributed by atoms with E-state index in [9.17, 15) is 9.90 Å². The standard InChI is InChI=1S/C36H35Cl4NO6/c37-28-11-7-26(31(39)17-28)22-46-33-19-41(36(42)43)20-34(47-23-27-8-12-29(38)18-32(27)40)35(33)25-9-13-30(14-10-25)45-16-4-15-44-21-24-5-2-1-3-6-24/h1-3,5-14,17-18,33-35H,4,15-16,19-23H2,(H,42,43)/t33-,34+,35-. The molecule has 0 spiro atoms. The van der Waals surface area contributed by atoms with Crippen LogP contribution >= 0.6 is 46.4 Å². The van der Waals surface area contributed by atoms with Gasteiger partial charge in [0.05, 0.1) is 58.3 Å². The van der Waals surface area contributed by atoms with Crippen molar-refractivity contribution in [3.63, 3.8) is 0 Å². The molecule has 1 amide bonds. The van der Waals surface area contributed by atoms with Gasteiger partial charge in [0.2, 0.25) is 0 Å². The molecule has 1 aliphatic rings. The lowest BCUT2D eigenvalue weighted by Crippen LogP contribution is -2.54. The first-order valence-electron chi connectivity index (χ1n) is 15.2. The van der Waals surface area contributed by atoms with E-state index in [1.165, 1.54) is 4.90 Å². The number of nitrogens with zero attached hydrogens (tertiary/aromatic N) is 1. The fourth-order valence-corrected chi connectivity index (χ4v) is 6.37. The van der Waals surface area contributed by atoms with Crippen molar-refractivity contribution in [3.8, 4) is 5.75 Å². The smallest absolute Gasteiger partial charge is 0.407 e. The molecule has 0 unspecified atom stereocenters. The minimum atomic E-state index is -1.06. The lowest BCUT2D eigenvalue weighted by Gasteiger charge is -2.42. The molecule has 11 heteroatoms. The zero-order chi connectivity index (χ0) is 33.2. The Kier molecular flexibility index (Phi) is 13.1. The number of carbonyl (C=O) groups is 1. The number of piperidine rings is 1. The molecule has 47 heavy (non-hydrogen) atoms. The summed E-state index contributed by atoms with van der Waals surface area (Å²) in [5.74, 6) is 0.402. The lowest BCUT2D eigenvalue weighted by atomic mass is 9.84. The van der Waals surface area contributed by atoms with Gasteiger partial charge in [-0.05, 0) is 58.7 Å². The second-order valence-corrected chi connectivity index (χ2v) is 12.9. The Morgan fingerprint density at radius 1 is 0.723 bits per heavy atom. The van der Waals surface area contributed by atoms with Crippen molar-refractivity contribution in [2.45, 2.75) is 44.4 Å². The first-order chi connectivity index (χ1) is 22.8. The van der Waals surface area contributed by atoms with Crippen LogP contribution in [0.3, 0.4) is 0 Å². The van der Waals surface area contributed by atoms with Crippen LogP contribution in [0, 0.1) is 0 Å². The van der Waals surface area contributed by atoms with Crippen molar-refractivity contribution in [2.75, 3.05) is 26.3 Å². The third-order valence-electron chi connectivity index (χ3n) is 7.89. The molecular weight excluding hydrogens is 684 g/mol. The average molecular weight is 719 g/mol. The van der Waals surface area contributed by atoms with Crippen LogP contribution in [-0.2, 0) is 34.0 Å². The van der Waals surface area contributed by atoms with Crippen LogP contribution in [0.5, 0.6) is 5.75 Å². The van der Waals surface area contributed by atoms with Crippen molar-refractivity contribution in [1.29, 1.82) is 0 Å². The van der Waals surface area contributed by atoms with Crippen LogP contribution in [0.15, 0.2) is 91.0 Å². The van der Waals surface area contributed by atoms with Gasteiger partial charge in [0.25, 0.3) is 0 Å². The van der Waals surface area contributed by atoms with Gasteiger partial charge in [-0.25, -0.2) is 4.79 Å². The summed E-state index contributed by atoms with van der Waals surface area (Å²) in [7, 11) is 0. The quantitative estimate of drug-likeness (QED) is 0.131. The molecule has 1 aliphatic heterocycles. The van der Waals surface area contributed by atoms with Crippen LogP contribution in [0.2, 0.25) is 20.1 Å². The van der Waals surface area contributed by atoms with Gasteiger partial charge < -0.3 is 29.0 Å². The summed E-state index contributed by atoms with van der Waals surface area (Å²) >= 11 is 25.0. The summed E-state index contributed by atoms with van der Waals surface area (Å²) in [6.07, 6.45) is -1.41. The van der Waals surface area contributed by atoms with Gasteiger partial charge >= 0.3 is 6.09 Å². The van der Waals surface area contributed by atoms with Crippen molar-refractivity contribution < 1.29 is 28.8 Å². The molecule has 1 heterocycles. The first-order valence-corrected chi connectivity index (χ1v) is 16.7. The number of carboxylic acid groups (broad SMARTS) is 1. The predicted molar refractivity (Wildman–Crippen MR) is 185 cm³/mol. The second-order valence-electron chi connectivity index (χ2n) is 11.2. The van der Waals surface area contributed by atoms with Gasteiger partial charge in [-0.3, -0.25) is 0 Å². The Hall–Kier alpha value is -3.01. The SMILES string of the molecule is O=C(O)N1C[C@H](OCc2ccc(Cl)cc2Cl)[C@H](c2ccc(OCCCOCc3ccccc3)cc2)[C@H](OCc2ccc(Cl)cc2Cl)C1. The maximum Gasteiger partial charge on any atom is 0.407 e. The minimum absolute atomic E-state index is 0.147. The van der Waals surface area contributed by atoms with Gasteiger partial charge in [-0.15, -0.1) is 0 Å². The van der Waals surface area contributed by atoms with E-state index in [1.807, 2.05) is 54.6 Å².